The van der Waals surface area contributed by atoms with Gasteiger partial charge >= 0.3 is 0 Å². The molecule has 19 heavy (non-hydrogen) atoms. The lowest BCUT2D eigenvalue weighted by Crippen LogP contribution is -2.61. The smallest absolute Gasteiger partial charge is 0.0700 e. The standard InChI is InChI=1S/C16H30N2O/c1-2-15-11-18(8-9-19-15)16(12-17)7-3-4-14(10-16)13-5-6-13/h13-15H,2-12,17H2,1H3. The molecule has 3 atom stereocenters. The molecule has 0 aromatic rings. The van der Waals surface area contributed by atoms with Gasteiger partial charge in [-0.2, -0.15) is 0 Å². The summed E-state index contributed by atoms with van der Waals surface area (Å²) in [5.41, 5.74) is 6.55. The summed E-state index contributed by atoms with van der Waals surface area (Å²) in [6.45, 7) is 6.16. The summed E-state index contributed by atoms with van der Waals surface area (Å²) in [5.74, 6) is 1.99. The van der Waals surface area contributed by atoms with Crippen molar-refractivity contribution < 1.29 is 4.74 Å². The maximum Gasteiger partial charge on any atom is 0.0700 e. The summed E-state index contributed by atoms with van der Waals surface area (Å²) in [5, 5.41) is 0. The first-order valence-corrected chi connectivity index (χ1v) is 8.34. The van der Waals surface area contributed by atoms with Crippen molar-refractivity contribution in [2.75, 3.05) is 26.2 Å². The van der Waals surface area contributed by atoms with Crippen molar-refractivity contribution in [1.82, 2.24) is 4.90 Å². The van der Waals surface area contributed by atoms with Gasteiger partial charge in [0.05, 0.1) is 12.7 Å². The third kappa shape index (κ3) is 2.84. The zero-order valence-electron chi connectivity index (χ0n) is 12.4. The molecule has 3 heteroatoms. The van der Waals surface area contributed by atoms with Gasteiger partial charge in [-0.25, -0.2) is 0 Å². The van der Waals surface area contributed by atoms with E-state index in [1.807, 2.05) is 0 Å². The minimum Gasteiger partial charge on any atom is -0.376 e. The minimum atomic E-state index is 0.294. The van der Waals surface area contributed by atoms with Crippen LogP contribution in [-0.2, 0) is 4.74 Å². The fourth-order valence-corrected chi connectivity index (χ4v) is 4.35. The first kappa shape index (κ1) is 13.8. The van der Waals surface area contributed by atoms with Crippen LogP contribution < -0.4 is 5.73 Å². The van der Waals surface area contributed by atoms with E-state index in [-0.39, 0.29) is 0 Å². The lowest BCUT2D eigenvalue weighted by atomic mass is 9.72. The monoisotopic (exact) mass is 266 g/mol. The summed E-state index contributed by atoms with van der Waals surface area (Å²) in [4.78, 5) is 2.69. The van der Waals surface area contributed by atoms with Crippen LogP contribution in [0.25, 0.3) is 0 Å². The molecule has 0 radical (unpaired) electrons. The van der Waals surface area contributed by atoms with Gasteiger partial charge in [0.2, 0.25) is 0 Å². The maximum atomic E-state index is 6.26. The Labute approximate surface area is 117 Å². The molecule has 2 aliphatic carbocycles. The van der Waals surface area contributed by atoms with Gasteiger partial charge in [0.15, 0.2) is 0 Å². The van der Waals surface area contributed by atoms with Crippen LogP contribution in [0.4, 0.5) is 0 Å². The van der Waals surface area contributed by atoms with Gasteiger partial charge in [0.25, 0.3) is 0 Å². The van der Waals surface area contributed by atoms with Crippen LogP contribution in [0.3, 0.4) is 0 Å². The van der Waals surface area contributed by atoms with E-state index in [2.05, 4.69) is 11.8 Å². The van der Waals surface area contributed by atoms with E-state index in [1.165, 1.54) is 38.5 Å². The van der Waals surface area contributed by atoms with Crippen molar-refractivity contribution in [1.29, 1.82) is 0 Å². The Morgan fingerprint density at radius 3 is 2.79 bits per heavy atom. The minimum absolute atomic E-state index is 0.294. The number of nitrogens with two attached hydrogens (primary N) is 1. The predicted molar refractivity (Wildman–Crippen MR) is 78.1 cm³/mol. The Bertz CT molecular complexity index is 305. The van der Waals surface area contributed by atoms with E-state index in [0.717, 1.165) is 44.5 Å². The van der Waals surface area contributed by atoms with Crippen molar-refractivity contribution in [3.05, 3.63) is 0 Å². The molecule has 110 valence electrons. The second kappa shape index (κ2) is 5.71. The highest BCUT2D eigenvalue weighted by atomic mass is 16.5. The van der Waals surface area contributed by atoms with Gasteiger partial charge in [-0.05, 0) is 43.9 Å². The summed E-state index contributed by atoms with van der Waals surface area (Å²) in [6.07, 6.45) is 10.0. The molecule has 1 heterocycles. The zero-order valence-corrected chi connectivity index (χ0v) is 12.4. The number of hydrogen-bond donors (Lipinski definition) is 1. The van der Waals surface area contributed by atoms with Crippen LogP contribution in [0.1, 0.15) is 51.9 Å². The Kier molecular flexibility index (Phi) is 4.16. The zero-order chi connectivity index (χ0) is 13.3. The van der Waals surface area contributed by atoms with E-state index in [0.29, 0.717) is 11.6 Å². The van der Waals surface area contributed by atoms with Crippen LogP contribution in [0.15, 0.2) is 0 Å². The van der Waals surface area contributed by atoms with Gasteiger partial charge in [0, 0.05) is 25.2 Å². The maximum absolute atomic E-state index is 6.26. The fraction of sp³-hybridized carbons (Fsp3) is 1.00. The van der Waals surface area contributed by atoms with Crippen LogP contribution in [0.2, 0.25) is 0 Å². The second-order valence-corrected chi connectivity index (χ2v) is 6.97. The molecule has 1 aliphatic heterocycles. The first-order valence-electron chi connectivity index (χ1n) is 8.34. The molecule has 0 aromatic heterocycles. The number of nitrogens with zero attached hydrogens (tertiary/aromatic N) is 1. The topological polar surface area (TPSA) is 38.5 Å². The number of hydrogen-bond acceptors (Lipinski definition) is 3. The molecule has 3 rings (SSSR count). The molecule has 0 bridgehead atoms. The average Bonchev–Trinajstić information content (AvgIpc) is 3.32. The molecule has 0 spiro atoms. The Morgan fingerprint density at radius 1 is 1.26 bits per heavy atom. The molecular formula is C16H30N2O. The van der Waals surface area contributed by atoms with Gasteiger partial charge < -0.3 is 10.5 Å². The highest BCUT2D eigenvalue weighted by Gasteiger charge is 2.45. The average molecular weight is 266 g/mol. The quantitative estimate of drug-likeness (QED) is 0.849. The molecule has 3 unspecified atom stereocenters. The van der Waals surface area contributed by atoms with E-state index in [1.54, 1.807) is 0 Å². The van der Waals surface area contributed by atoms with Crippen molar-refractivity contribution in [3.8, 4) is 0 Å². The summed E-state index contributed by atoms with van der Waals surface area (Å²) >= 11 is 0. The predicted octanol–water partition coefficient (Wildman–Crippen LogP) is 2.39. The third-order valence-electron chi connectivity index (χ3n) is 5.79. The Morgan fingerprint density at radius 2 is 2.11 bits per heavy atom. The lowest BCUT2D eigenvalue weighted by Gasteiger charge is -2.51. The van der Waals surface area contributed by atoms with E-state index < -0.39 is 0 Å². The molecule has 0 aromatic carbocycles. The Balaban J connectivity index is 1.69. The molecule has 3 nitrogen and oxygen atoms in total. The van der Waals surface area contributed by atoms with Gasteiger partial charge in [-0.1, -0.05) is 19.8 Å². The number of ether oxygens (including phenoxy) is 1. The summed E-state index contributed by atoms with van der Waals surface area (Å²) in [7, 11) is 0. The highest BCUT2D eigenvalue weighted by molar-refractivity contribution is 5.00. The summed E-state index contributed by atoms with van der Waals surface area (Å²) < 4.78 is 5.84. The molecule has 3 aliphatic rings. The second-order valence-electron chi connectivity index (χ2n) is 6.97. The SMILES string of the molecule is CCC1CN(C2(CN)CCCC(C3CC3)C2)CCO1. The van der Waals surface area contributed by atoms with Crippen LogP contribution in [0.5, 0.6) is 0 Å². The lowest BCUT2D eigenvalue weighted by molar-refractivity contribution is -0.0842. The van der Waals surface area contributed by atoms with E-state index in [4.69, 9.17) is 10.5 Å². The van der Waals surface area contributed by atoms with E-state index in [9.17, 15) is 0 Å². The van der Waals surface area contributed by atoms with Crippen LogP contribution >= 0.6 is 0 Å². The van der Waals surface area contributed by atoms with Crippen molar-refractivity contribution in [2.45, 2.75) is 63.5 Å². The molecule has 1 saturated heterocycles. The molecular weight excluding hydrogens is 236 g/mol. The van der Waals surface area contributed by atoms with Crippen LogP contribution in [0, 0.1) is 11.8 Å². The molecule has 2 saturated carbocycles. The van der Waals surface area contributed by atoms with Gasteiger partial charge in [-0.15, -0.1) is 0 Å². The van der Waals surface area contributed by atoms with Crippen molar-refractivity contribution in [3.63, 3.8) is 0 Å². The fourth-order valence-electron chi connectivity index (χ4n) is 4.35. The molecule has 0 amide bonds. The summed E-state index contributed by atoms with van der Waals surface area (Å²) in [6, 6.07) is 0. The van der Waals surface area contributed by atoms with Crippen molar-refractivity contribution >= 4 is 0 Å². The highest BCUT2D eigenvalue weighted by Crippen LogP contribution is 2.48. The number of morpholine rings is 1. The third-order valence-corrected chi connectivity index (χ3v) is 5.79. The normalized spacial score (nSPS) is 41.4. The largest absolute Gasteiger partial charge is 0.376 e. The van der Waals surface area contributed by atoms with Gasteiger partial charge in [-0.3, -0.25) is 4.90 Å². The Hall–Kier alpha value is -0.120. The van der Waals surface area contributed by atoms with Crippen molar-refractivity contribution in [2.24, 2.45) is 17.6 Å². The molecule has 2 N–H and O–H groups in total. The number of rotatable bonds is 4. The first-order chi connectivity index (χ1) is 9.27. The van der Waals surface area contributed by atoms with Crippen LogP contribution in [-0.4, -0.2) is 42.8 Å². The van der Waals surface area contributed by atoms with Gasteiger partial charge in [0.1, 0.15) is 0 Å². The molecule has 3 fully saturated rings. The van der Waals surface area contributed by atoms with E-state index >= 15 is 0 Å².